The molecule has 1 aromatic carbocycles. The Morgan fingerprint density at radius 2 is 2.00 bits per heavy atom. The summed E-state index contributed by atoms with van der Waals surface area (Å²) >= 11 is 0. The number of nitrogens with two attached hydrogens (primary N) is 1. The van der Waals surface area contributed by atoms with Gasteiger partial charge in [0.05, 0.1) is 12.7 Å². The molecule has 2 fully saturated rings. The van der Waals surface area contributed by atoms with Crippen molar-refractivity contribution in [1.29, 1.82) is 0 Å². The van der Waals surface area contributed by atoms with Crippen molar-refractivity contribution in [2.24, 2.45) is 5.73 Å². The van der Waals surface area contributed by atoms with Crippen LogP contribution in [0.3, 0.4) is 0 Å². The molecule has 1 heterocycles. The van der Waals surface area contributed by atoms with Gasteiger partial charge in [-0.15, -0.1) is 0 Å². The van der Waals surface area contributed by atoms with E-state index in [1.807, 2.05) is 12.1 Å². The summed E-state index contributed by atoms with van der Waals surface area (Å²) in [5.41, 5.74) is 7.26. The van der Waals surface area contributed by atoms with Crippen LogP contribution in [0.15, 0.2) is 24.3 Å². The summed E-state index contributed by atoms with van der Waals surface area (Å²) in [6.07, 6.45) is 6.87. The number of nitrogens with one attached hydrogen (secondary N) is 1. The summed E-state index contributed by atoms with van der Waals surface area (Å²) in [7, 11) is 0. The van der Waals surface area contributed by atoms with E-state index in [1.165, 1.54) is 6.07 Å². The Morgan fingerprint density at radius 3 is 2.73 bits per heavy atom. The molecule has 1 aromatic rings. The predicted octanol–water partition coefficient (Wildman–Crippen LogP) is 2.95. The van der Waals surface area contributed by atoms with Gasteiger partial charge in [-0.3, -0.25) is 0 Å². The molecule has 0 spiro atoms. The summed E-state index contributed by atoms with van der Waals surface area (Å²) < 4.78 is 19.4. The third kappa shape index (κ3) is 4.06. The number of ether oxygens (including phenoxy) is 1. The van der Waals surface area contributed by atoms with Crippen molar-refractivity contribution in [2.75, 3.05) is 13.2 Å². The zero-order valence-electron chi connectivity index (χ0n) is 13.1. The van der Waals surface area contributed by atoms with E-state index < -0.39 is 0 Å². The zero-order valence-corrected chi connectivity index (χ0v) is 13.1. The lowest BCUT2D eigenvalue weighted by Crippen LogP contribution is -2.52. The number of hydrogen-bond acceptors (Lipinski definition) is 3. The van der Waals surface area contributed by atoms with Crippen molar-refractivity contribution in [2.45, 2.75) is 62.6 Å². The molecule has 3 nitrogen and oxygen atoms in total. The van der Waals surface area contributed by atoms with Gasteiger partial charge in [0.15, 0.2) is 0 Å². The first kappa shape index (κ1) is 15.9. The predicted molar refractivity (Wildman–Crippen MR) is 86.3 cm³/mol. The molecule has 3 rings (SSSR count). The SMILES string of the molecule is NC1CCCN[C@H]1CO[C@H]1CC[C@@H](c2cccc(F)c2)CC1. The third-order valence-corrected chi connectivity index (χ3v) is 5.14. The van der Waals surface area contributed by atoms with E-state index in [1.54, 1.807) is 6.07 Å². The maximum atomic E-state index is 13.3. The van der Waals surface area contributed by atoms with Crippen LogP contribution in [0.4, 0.5) is 4.39 Å². The van der Waals surface area contributed by atoms with E-state index in [4.69, 9.17) is 10.5 Å². The summed E-state index contributed by atoms with van der Waals surface area (Å²) in [6.45, 7) is 1.77. The molecule has 0 aromatic heterocycles. The molecular formula is C18H27FN2O. The normalized spacial score (nSPS) is 32.8. The van der Waals surface area contributed by atoms with Crippen molar-refractivity contribution in [3.8, 4) is 0 Å². The van der Waals surface area contributed by atoms with Gasteiger partial charge in [-0.2, -0.15) is 0 Å². The molecule has 2 aliphatic rings. The smallest absolute Gasteiger partial charge is 0.123 e. The summed E-state index contributed by atoms with van der Waals surface area (Å²) in [6, 6.07) is 7.56. The maximum Gasteiger partial charge on any atom is 0.123 e. The molecule has 0 radical (unpaired) electrons. The second-order valence-electron chi connectivity index (χ2n) is 6.73. The highest BCUT2D eigenvalue weighted by Gasteiger charge is 2.26. The highest BCUT2D eigenvalue weighted by Crippen LogP contribution is 2.34. The van der Waals surface area contributed by atoms with Gasteiger partial charge in [-0.25, -0.2) is 4.39 Å². The van der Waals surface area contributed by atoms with Gasteiger partial charge in [0.2, 0.25) is 0 Å². The highest BCUT2D eigenvalue weighted by molar-refractivity contribution is 5.21. The summed E-state index contributed by atoms with van der Waals surface area (Å²) in [5, 5.41) is 3.46. The Morgan fingerprint density at radius 1 is 1.18 bits per heavy atom. The van der Waals surface area contributed by atoms with Gasteiger partial charge in [0.1, 0.15) is 5.82 Å². The Labute approximate surface area is 132 Å². The van der Waals surface area contributed by atoms with Crippen LogP contribution in [0.2, 0.25) is 0 Å². The molecule has 3 N–H and O–H groups in total. The van der Waals surface area contributed by atoms with Crippen molar-refractivity contribution in [3.63, 3.8) is 0 Å². The minimum atomic E-state index is -0.131. The second kappa shape index (κ2) is 7.53. The van der Waals surface area contributed by atoms with Gasteiger partial charge >= 0.3 is 0 Å². The van der Waals surface area contributed by atoms with Gasteiger partial charge in [0, 0.05) is 12.1 Å². The quantitative estimate of drug-likeness (QED) is 0.899. The van der Waals surface area contributed by atoms with E-state index in [2.05, 4.69) is 5.32 Å². The van der Waals surface area contributed by atoms with Crippen LogP contribution in [-0.4, -0.2) is 31.3 Å². The lowest BCUT2D eigenvalue weighted by atomic mass is 9.82. The van der Waals surface area contributed by atoms with Crippen LogP contribution in [0, 0.1) is 5.82 Å². The molecule has 1 saturated heterocycles. The van der Waals surface area contributed by atoms with E-state index in [9.17, 15) is 4.39 Å². The van der Waals surface area contributed by atoms with Gasteiger partial charge < -0.3 is 15.8 Å². The topological polar surface area (TPSA) is 47.3 Å². The lowest BCUT2D eigenvalue weighted by molar-refractivity contribution is 0.00619. The van der Waals surface area contributed by atoms with Crippen LogP contribution < -0.4 is 11.1 Å². The monoisotopic (exact) mass is 306 g/mol. The Bertz CT molecular complexity index is 474. The third-order valence-electron chi connectivity index (χ3n) is 5.14. The molecule has 2 atom stereocenters. The van der Waals surface area contributed by atoms with Gasteiger partial charge in [0.25, 0.3) is 0 Å². The lowest BCUT2D eigenvalue weighted by Gasteiger charge is -2.33. The fraction of sp³-hybridized carbons (Fsp3) is 0.667. The van der Waals surface area contributed by atoms with Crippen LogP contribution in [0.25, 0.3) is 0 Å². The Balaban J connectivity index is 1.44. The molecule has 1 saturated carbocycles. The second-order valence-corrected chi connectivity index (χ2v) is 6.73. The molecule has 1 unspecified atom stereocenters. The molecule has 1 aliphatic heterocycles. The van der Waals surface area contributed by atoms with E-state index in [-0.39, 0.29) is 11.9 Å². The van der Waals surface area contributed by atoms with E-state index in [0.717, 1.165) is 57.2 Å². The molecule has 22 heavy (non-hydrogen) atoms. The molecule has 4 heteroatoms. The summed E-state index contributed by atoms with van der Waals surface area (Å²) in [5.74, 6) is 0.346. The van der Waals surface area contributed by atoms with Crippen LogP contribution in [0.1, 0.15) is 50.0 Å². The van der Waals surface area contributed by atoms with Crippen molar-refractivity contribution < 1.29 is 9.13 Å². The maximum absolute atomic E-state index is 13.3. The number of halogens is 1. The Kier molecular flexibility index (Phi) is 5.45. The molecular weight excluding hydrogens is 279 g/mol. The minimum absolute atomic E-state index is 0.131. The van der Waals surface area contributed by atoms with Crippen LogP contribution in [0.5, 0.6) is 0 Å². The average Bonchev–Trinajstić information content (AvgIpc) is 2.55. The number of hydrogen-bond donors (Lipinski definition) is 2. The van der Waals surface area contributed by atoms with Gasteiger partial charge in [-0.05, 0) is 68.7 Å². The first-order chi connectivity index (χ1) is 10.7. The number of rotatable bonds is 4. The van der Waals surface area contributed by atoms with Crippen molar-refractivity contribution >= 4 is 0 Å². The van der Waals surface area contributed by atoms with Crippen molar-refractivity contribution in [1.82, 2.24) is 5.32 Å². The standard InChI is InChI=1S/C18H27FN2O/c19-15-4-1-3-14(11-15)13-6-8-16(9-7-13)22-12-18-17(20)5-2-10-21-18/h1,3-4,11,13,16-18,21H,2,5-10,12,20H2/t13-,16+,17?,18-/m0/s1. The number of benzene rings is 1. The van der Waals surface area contributed by atoms with Gasteiger partial charge in [-0.1, -0.05) is 12.1 Å². The first-order valence-corrected chi connectivity index (χ1v) is 8.58. The molecule has 1 aliphatic carbocycles. The molecule has 0 bridgehead atoms. The molecule has 0 amide bonds. The first-order valence-electron chi connectivity index (χ1n) is 8.58. The zero-order chi connectivity index (χ0) is 15.4. The highest BCUT2D eigenvalue weighted by atomic mass is 19.1. The number of piperidine rings is 1. The largest absolute Gasteiger partial charge is 0.377 e. The van der Waals surface area contributed by atoms with E-state index in [0.29, 0.717) is 18.1 Å². The van der Waals surface area contributed by atoms with Crippen LogP contribution >= 0.6 is 0 Å². The minimum Gasteiger partial charge on any atom is -0.377 e. The average molecular weight is 306 g/mol. The van der Waals surface area contributed by atoms with Crippen LogP contribution in [-0.2, 0) is 4.74 Å². The van der Waals surface area contributed by atoms with Crippen molar-refractivity contribution in [3.05, 3.63) is 35.6 Å². The fourth-order valence-corrected chi connectivity index (χ4v) is 3.72. The summed E-state index contributed by atoms with van der Waals surface area (Å²) in [4.78, 5) is 0. The Hall–Kier alpha value is -0.970. The fourth-order valence-electron chi connectivity index (χ4n) is 3.72. The molecule has 122 valence electrons. The van der Waals surface area contributed by atoms with E-state index >= 15 is 0 Å².